The Kier molecular flexibility index (Phi) is 1.89. The van der Waals surface area contributed by atoms with Crippen molar-refractivity contribution < 1.29 is 14.3 Å². The fraction of sp³-hybridized carbons (Fsp3) is 0.667. The van der Waals surface area contributed by atoms with Crippen LogP contribution in [0.25, 0.3) is 0 Å². The van der Waals surface area contributed by atoms with E-state index in [2.05, 4.69) is 9.79 Å². The van der Waals surface area contributed by atoms with Crippen LogP contribution in [0, 0.1) is 0 Å². The molecule has 1 aromatic heterocycles. The summed E-state index contributed by atoms with van der Waals surface area (Å²) in [6.07, 6.45) is 2.30. The van der Waals surface area contributed by atoms with Gasteiger partial charge in [-0.15, -0.1) is 0 Å². The minimum atomic E-state index is -0.389. The highest BCUT2D eigenvalue weighted by molar-refractivity contribution is 4.80. The molecule has 0 aliphatic carbocycles. The van der Waals surface area contributed by atoms with E-state index in [9.17, 15) is 5.11 Å². The second kappa shape index (κ2) is 2.68. The molecule has 0 fully saturated rings. The average molecular weight is 142 g/mol. The van der Waals surface area contributed by atoms with Gasteiger partial charge in [0.1, 0.15) is 5.95 Å². The Labute approximate surface area is 59.0 Å². The predicted molar refractivity (Wildman–Crippen MR) is 31.1 cm³/mol. The summed E-state index contributed by atoms with van der Waals surface area (Å²) in [6, 6.07) is 0.242. The van der Waals surface area contributed by atoms with E-state index >= 15 is 0 Å². The monoisotopic (exact) mass is 142 g/mol. The first kappa shape index (κ1) is 7.05. The summed E-state index contributed by atoms with van der Waals surface area (Å²) in [5.74, 6) is -0.389. The van der Waals surface area contributed by atoms with E-state index in [1.807, 2.05) is 13.8 Å². The Morgan fingerprint density at radius 2 is 2.60 bits per heavy atom. The van der Waals surface area contributed by atoms with Crippen LogP contribution in [0.2, 0.25) is 0 Å². The summed E-state index contributed by atoms with van der Waals surface area (Å²) in [5.41, 5.74) is 0. The maximum Gasteiger partial charge on any atom is 0.221 e. The summed E-state index contributed by atoms with van der Waals surface area (Å²) < 4.78 is 5.87. The molecule has 1 heterocycles. The predicted octanol–water partition coefficient (Wildman–Crippen LogP) is 0.00670. The average Bonchev–Trinajstić information content (AvgIpc) is 2.34. The van der Waals surface area contributed by atoms with Crippen LogP contribution in [0.15, 0.2) is 10.7 Å². The van der Waals surface area contributed by atoms with Gasteiger partial charge in [0.15, 0.2) is 6.04 Å². The number of hydrogen-bond acceptors (Lipinski definition) is 3. The van der Waals surface area contributed by atoms with Crippen molar-refractivity contribution in [1.82, 2.24) is 5.27 Å². The number of nitrogens with zero attached hydrogens (tertiary/aromatic N) is 2. The van der Waals surface area contributed by atoms with Crippen LogP contribution in [-0.2, 0) is 0 Å². The van der Waals surface area contributed by atoms with Crippen molar-refractivity contribution >= 4 is 0 Å². The van der Waals surface area contributed by atoms with Gasteiger partial charge in [-0.1, -0.05) is 11.6 Å². The first-order chi connectivity index (χ1) is 4.74. The van der Waals surface area contributed by atoms with Gasteiger partial charge in [0.05, 0.1) is 5.27 Å². The van der Waals surface area contributed by atoms with E-state index < -0.39 is 0 Å². The van der Waals surface area contributed by atoms with Gasteiger partial charge in [0.25, 0.3) is 0 Å². The highest BCUT2D eigenvalue weighted by atomic mass is 16.6. The maximum absolute atomic E-state index is 10.5. The van der Waals surface area contributed by atoms with Crippen molar-refractivity contribution in [3.8, 4) is 5.95 Å². The molecule has 0 saturated heterocycles. The molecule has 0 aliphatic heterocycles. The van der Waals surface area contributed by atoms with Gasteiger partial charge in [0, 0.05) is 13.3 Å². The zero-order valence-corrected chi connectivity index (χ0v) is 6.07. The summed E-state index contributed by atoms with van der Waals surface area (Å²) in [4.78, 5) is 0. The Bertz CT molecular complexity index is 209. The molecule has 10 heavy (non-hydrogen) atoms. The minimum absolute atomic E-state index is 0.242. The lowest BCUT2D eigenvalue weighted by Crippen LogP contribution is -2.38. The molecule has 1 atom stereocenters. The van der Waals surface area contributed by atoms with Gasteiger partial charge in [0.2, 0.25) is 6.20 Å². The van der Waals surface area contributed by atoms with E-state index in [1.165, 1.54) is 10.9 Å². The Morgan fingerprint density at radius 1 is 1.90 bits per heavy atom. The normalized spacial score (nSPS) is 13.4. The standard InChI is InChI=1S/C6H10N2O2/c1-3-5(2)8-4-6(9)10-7-8/h4-5H,3H2,1-2H3. The molecule has 0 aromatic carbocycles. The molecule has 4 nitrogen and oxygen atoms in total. The van der Waals surface area contributed by atoms with Crippen LogP contribution in [0.1, 0.15) is 26.3 Å². The Morgan fingerprint density at radius 3 is 3.00 bits per heavy atom. The lowest BCUT2D eigenvalue weighted by molar-refractivity contribution is -0.782. The number of aromatic nitrogens is 2. The number of rotatable bonds is 2. The second-order valence-electron chi connectivity index (χ2n) is 2.26. The van der Waals surface area contributed by atoms with Gasteiger partial charge in [-0.25, -0.2) is 0 Å². The third-order valence-electron chi connectivity index (χ3n) is 1.51. The topological polar surface area (TPSA) is 53.0 Å². The van der Waals surface area contributed by atoms with Gasteiger partial charge >= 0.3 is 0 Å². The first-order valence-corrected chi connectivity index (χ1v) is 3.29. The number of hydrogen-bond donors (Lipinski definition) is 0. The molecule has 56 valence electrons. The summed E-state index contributed by atoms with van der Waals surface area (Å²) in [5, 5.41) is 14.0. The lowest BCUT2D eigenvalue weighted by atomic mass is 10.3. The van der Waals surface area contributed by atoms with Gasteiger partial charge in [-0.05, 0) is 0 Å². The smallest absolute Gasteiger partial charge is 0.221 e. The van der Waals surface area contributed by atoms with Gasteiger partial charge in [-0.2, -0.15) is 0 Å². The molecule has 0 saturated carbocycles. The molecule has 1 rings (SSSR count). The van der Waals surface area contributed by atoms with Crippen molar-refractivity contribution in [3.63, 3.8) is 0 Å². The van der Waals surface area contributed by atoms with Crippen molar-refractivity contribution in [2.45, 2.75) is 26.3 Å². The molecule has 0 amide bonds. The van der Waals surface area contributed by atoms with Gasteiger partial charge < -0.3 is 9.63 Å². The molecule has 0 bridgehead atoms. The third-order valence-corrected chi connectivity index (χ3v) is 1.51. The van der Waals surface area contributed by atoms with Crippen molar-refractivity contribution in [1.29, 1.82) is 0 Å². The Balaban J connectivity index is 2.74. The van der Waals surface area contributed by atoms with E-state index in [4.69, 9.17) is 0 Å². The fourth-order valence-corrected chi connectivity index (χ4v) is 0.637. The van der Waals surface area contributed by atoms with Crippen LogP contribution in [0.5, 0.6) is 5.95 Å². The Hall–Kier alpha value is -1.06. The summed E-state index contributed by atoms with van der Waals surface area (Å²) >= 11 is 0. The molecule has 0 N–H and O–H groups in total. The van der Waals surface area contributed by atoms with Crippen LogP contribution >= 0.6 is 0 Å². The van der Waals surface area contributed by atoms with E-state index in [-0.39, 0.29) is 12.0 Å². The van der Waals surface area contributed by atoms with E-state index in [1.54, 1.807) is 0 Å². The molecule has 0 spiro atoms. The molecular weight excluding hydrogens is 132 g/mol. The largest absolute Gasteiger partial charge is 0.539 e. The zero-order valence-electron chi connectivity index (χ0n) is 6.07. The van der Waals surface area contributed by atoms with Crippen LogP contribution in [0.4, 0.5) is 0 Å². The highest BCUT2D eigenvalue weighted by Gasteiger charge is 2.11. The van der Waals surface area contributed by atoms with Crippen LogP contribution < -0.4 is 9.79 Å². The molecule has 0 aliphatic rings. The van der Waals surface area contributed by atoms with Crippen molar-refractivity contribution in [2.75, 3.05) is 0 Å². The van der Waals surface area contributed by atoms with E-state index in [0.29, 0.717) is 0 Å². The molecule has 1 aromatic rings. The molecular formula is C6H10N2O2. The van der Waals surface area contributed by atoms with Crippen LogP contribution in [0.3, 0.4) is 0 Å². The highest BCUT2D eigenvalue weighted by Crippen LogP contribution is 2.01. The fourth-order valence-electron chi connectivity index (χ4n) is 0.637. The van der Waals surface area contributed by atoms with E-state index in [0.717, 1.165) is 6.42 Å². The molecule has 4 heteroatoms. The van der Waals surface area contributed by atoms with Crippen LogP contribution in [-0.4, -0.2) is 5.27 Å². The molecule has 1 unspecified atom stereocenters. The maximum atomic E-state index is 10.5. The third kappa shape index (κ3) is 1.26. The molecule has 0 radical (unpaired) electrons. The minimum Gasteiger partial charge on any atom is -0.539 e. The summed E-state index contributed by atoms with van der Waals surface area (Å²) in [7, 11) is 0. The zero-order chi connectivity index (χ0) is 7.56. The van der Waals surface area contributed by atoms with Crippen molar-refractivity contribution in [3.05, 3.63) is 6.20 Å². The second-order valence-corrected chi connectivity index (χ2v) is 2.26. The van der Waals surface area contributed by atoms with Crippen molar-refractivity contribution in [2.24, 2.45) is 0 Å². The quantitative estimate of drug-likeness (QED) is 0.546. The SMILES string of the molecule is CCC(C)[n+]1cc([O-])on1. The van der Waals surface area contributed by atoms with Gasteiger partial charge in [-0.3, -0.25) is 0 Å². The summed E-state index contributed by atoms with van der Waals surface area (Å²) in [6.45, 7) is 4.00. The lowest BCUT2D eigenvalue weighted by Gasteiger charge is -1.94. The first-order valence-electron chi connectivity index (χ1n) is 3.29.